The normalized spacial score (nSPS) is 27.4. The number of primary amides is 1. The molecule has 10 heavy (non-hydrogen) atoms. The number of hydrogen-bond acceptors (Lipinski definition) is 2. The monoisotopic (exact) mass is 142 g/mol. The number of nitrogens with two attached hydrogens (primary N) is 1. The van der Waals surface area contributed by atoms with E-state index in [1.807, 2.05) is 0 Å². The molecule has 0 saturated carbocycles. The van der Waals surface area contributed by atoms with E-state index in [2.05, 4.69) is 5.32 Å². The van der Waals surface area contributed by atoms with Crippen LogP contribution in [0.25, 0.3) is 0 Å². The molecule has 3 N–H and O–H groups in total. The van der Waals surface area contributed by atoms with Crippen LogP contribution in [-0.4, -0.2) is 18.5 Å². The Bertz CT molecular complexity index is 117. The molecule has 58 valence electrons. The number of nitrogens with one attached hydrogen (secondary N) is 1. The molecule has 1 heterocycles. The van der Waals surface area contributed by atoms with E-state index in [9.17, 15) is 4.79 Å². The Morgan fingerprint density at radius 2 is 2.20 bits per heavy atom. The average molecular weight is 142 g/mol. The zero-order chi connectivity index (χ0) is 7.40. The molecule has 0 aromatic rings. The average Bonchev–Trinajstić information content (AvgIpc) is 2.12. The summed E-state index contributed by atoms with van der Waals surface area (Å²) in [5.41, 5.74) is 5.14. The maximum absolute atomic E-state index is 10.7. The summed E-state index contributed by atoms with van der Waals surface area (Å²) in [6.07, 6.45) is 4.43. The Hall–Kier alpha value is -0.570. The number of carbonyl (C=O) groups is 1. The van der Waals surface area contributed by atoms with Crippen LogP contribution in [-0.2, 0) is 4.79 Å². The Balaban J connectivity index is 2.35. The molecule has 1 aliphatic heterocycles. The van der Waals surface area contributed by atoms with E-state index in [1.54, 1.807) is 0 Å². The maximum atomic E-state index is 10.7. The summed E-state index contributed by atoms with van der Waals surface area (Å²) in [4.78, 5) is 10.7. The van der Waals surface area contributed by atoms with Crippen molar-refractivity contribution in [3.8, 4) is 0 Å². The fourth-order valence-corrected chi connectivity index (χ4v) is 1.27. The highest BCUT2D eigenvalue weighted by Gasteiger charge is 2.15. The molecule has 3 heteroatoms. The van der Waals surface area contributed by atoms with E-state index in [4.69, 9.17) is 5.73 Å². The van der Waals surface area contributed by atoms with Crippen LogP contribution in [0.4, 0.5) is 0 Å². The van der Waals surface area contributed by atoms with Crippen molar-refractivity contribution in [3.05, 3.63) is 0 Å². The molecule has 1 aliphatic rings. The lowest BCUT2D eigenvalue weighted by atomic mass is 10.1. The molecular weight excluding hydrogens is 128 g/mol. The van der Waals surface area contributed by atoms with Gasteiger partial charge in [0.05, 0.1) is 6.04 Å². The van der Waals surface area contributed by atoms with Crippen LogP contribution in [0.5, 0.6) is 0 Å². The lowest BCUT2D eigenvalue weighted by molar-refractivity contribution is -0.120. The number of hydrogen-bond donors (Lipinski definition) is 2. The molecule has 1 rings (SSSR count). The van der Waals surface area contributed by atoms with Crippen LogP contribution in [0, 0.1) is 0 Å². The first-order chi connectivity index (χ1) is 4.80. The van der Waals surface area contributed by atoms with Crippen LogP contribution in [0.3, 0.4) is 0 Å². The third-order valence-electron chi connectivity index (χ3n) is 1.90. The summed E-state index contributed by atoms with van der Waals surface area (Å²) in [5.74, 6) is -0.207. The lowest BCUT2D eigenvalue weighted by Crippen LogP contribution is -2.40. The fourth-order valence-electron chi connectivity index (χ4n) is 1.27. The van der Waals surface area contributed by atoms with E-state index in [1.165, 1.54) is 12.8 Å². The Morgan fingerprint density at radius 3 is 2.90 bits per heavy atom. The van der Waals surface area contributed by atoms with Gasteiger partial charge in [0, 0.05) is 0 Å². The Kier molecular flexibility index (Phi) is 2.68. The topological polar surface area (TPSA) is 55.1 Å². The molecule has 0 spiro atoms. The van der Waals surface area contributed by atoms with Crippen molar-refractivity contribution in [2.75, 3.05) is 6.54 Å². The molecule has 1 saturated heterocycles. The van der Waals surface area contributed by atoms with Crippen LogP contribution in [0.15, 0.2) is 0 Å². The quantitative estimate of drug-likeness (QED) is 0.541. The molecule has 1 amide bonds. The van der Waals surface area contributed by atoms with E-state index < -0.39 is 0 Å². The third kappa shape index (κ3) is 1.99. The molecule has 0 aromatic heterocycles. The number of rotatable bonds is 1. The predicted molar refractivity (Wildman–Crippen MR) is 39.5 cm³/mol. The minimum atomic E-state index is -0.207. The standard InChI is InChI=1S/C7H14N2O/c8-7(10)6-4-2-1-3-5-9-6/h6,9H,1-5H2,(H2,8,10). The van der Waals surface area contributed by atoms with Crippen molar-refractivity contribution in [2.45, 2.75) is 31.7 Å². The highest BCUT2D eigenvalue weighted by Crippen LogP contribution is 2.07. The SMILES string of the molecule is NC(=O)C1CCCCCN1. The second-order valence-electron chi connectivity index (χ2n) is 2.76. The van der Waals surface area contributed by atoms with Gasteiger partial charge in [-0.05, 0) is 19.4 Å². The van der Waals surface area contributed by atoms with Gasteiger partial charge < -0.3 is 11.1 Å². The summed E-state index contributed by atoms with van der Waals surface area (Å²) in [6.45, 7) is 0.938. The van der Waals surface area contributed by atoms with Gasteiger partial charge >= 0.3 is 0 Å². The van der Waals surface area contributed by atoms with Crippen molar-refractivity contribution in [1.82, 2.24) is 5.32 Å². The van der Waals surface area contributed by atoms with Gasteiger partial charge in [0.2, 0.25) is 5.91 Å². The van der Waals surface area contributed by atoms with Gasteiger partial charge in [0.25, 0.3) is 0 Å². The first-order valence-electron chi connectivity index (χ1n) is 3.83. The van der Waals surface area contributed by atoms with Crippen LogP contribution < -0.4 is 11.1 Å². The molecule has 0 bridgehead atoms. The van der Waals surface area contributed by atoms with Crippen LogP contribution in [0.1, 0.15) is 25.7 Å². The summed E-state index contributed by atoms with van der Waals surface area (Å²) in [5, 5.41) is 3.11. The molecular formula is C7H14N2O. The predicted octanol–water partition coefficient (Wildman–Crippen LogP) is 0.00390. The van der Waals surface area contributed by atoms with Gasteiger partial charge in [-0.25, -0.2) is 0 Å². The van der Waals surface area contributed by atoms with E-state index in [-0.39, 0.29) is 11.9 Å². The van der Waals surface area contributed by atoms with Gasteiger partial charge in [-0.3, -0.25) is 4.79 Å². The minimum absolute atomic E-state index is 0.0671. The smallest absolute Gasteiger partial charge is 0.234 e. The van der Waals surface area contributed by atoms with Gasteiger partial charge in [0.15, 0.2) is 0 Å². The molecule has 0 radical (unpaired) electrons. The van der Waals surface area contributed by atoms with Gasteiger partial charge in [-0.1, -0.05) is 12.8 Å². The zero-order valence-corrected chi connectivity index (χ0v) is 6.10. The summed E-state index contributed by atoms with van der Waals surface area (Å²) in [6, 6.07) is -0.0671. The highest BCUT2D eigenvalue weighted by molar-refractivity contribution is 5.79. The van der Waals surface area contributed by atoms with Gasteiger partial charge in [-0.15, -0.1) is 0 Å². The van der Waals surface area contributed by atoms with Gasteiger partial charge in [0.1, 0.15) is 0 Å². The summed E-state index contributed by atoms with van der Waals surface area (Å²) in [7, 11) is 0. The van der Waals surface area contributed by atoms with Crippen molar-refractivity contribution in [3.63, 3.8) is 0 Å². The van der Waals surface area contributed by atoms with E-state index >= 15 is 0 Å². The van der Waals surface area contributed by atoms with Crippen molar-refractivity contribution >= 4 is 5.91 Å². The molecule has 1 fully saturated rings. The van der Waals surface area contributed by atoms with E-state index in [0.717, 1.165) is 19.4 Å². The fraction of sp³-hybridized carbons (Fsp3) is 0.857. The second-order valence-corrected chi connectivity index (χ2v) is 2.76. The number of amides is 1. The summed E-state index contributed by atoms with van der Waals surface area (Å²) < 4.78 is 0. The Labute approximate surface area is 61.0 Å². The largest absolute Gasteiger partial charge is 0.368 e. The highest BCUT2D eigenvalue weighted by atomic mass is 16.1. The molecule has 0 aliphatic carbocycles. The lowest BCUT2D eigenvalue weighted by Gasteiger charge is -2.09. The molecule has 3 nitrogen and oxygen atoms in total. The van der Waals surface area contributed by atoms with Crippen molar-refractivity contribution < 1.29 is 4.79 Å². The molecule has 1 unspecified atom stereocenters. The molecule has 0 aromatic carbocycles. The minimum Gasteiger partial charge on any atom is -0.368 e. The molecule has 1 atom stereocenters. The third-order valence-corrected chi connectivity index (χ3v) is 1.90. The Morgan fingerprint density at radius 1 is 1.40 bits per heavy atom. The van der Waals surface area contributed by atoms with Crippen LogP contribution in [0.2, 0.25) is 0 Å². The first-order valence-corrected chi connectivity index (χ1v) is 3.83. The van der Waals surface area contributed by atoms with E-state index in [0.29, 0.717) is 0 Å². The maximum Gasteiger partial charge on any atom is 0.234 e. The van der Waals surface area contributed by atoms with Crippen molar-refractivity contribution in [2.24, 2.45) is 5.73 Å². The second kappa shape index (κ2) is 3.56. The van der Waals surface area contributed by atoms with Crippen molar-refractivity contribution in [1.29, 1.82) is 0 Å². The van der Waals surface area contributed by atoms with Crippen LogP contribution >= 0.6 is 0 Å². The number of carbonyl (C=O) groups excluding carboxylic acids is 1. The van der Waals surface area contributed by atoms with Gasteiger partial charge in [-0.2, -0.15) is 0 Å². The zero-order valence-electron chi connectivity index (χ0n) is 6.10. The summed E-state index contributed by atoms with van der Waals surface area (Å²) >= 11 is 0. The first kappa shape index (κ1) is 7.54.